The second kappa shape index (κ2) is 7.61. The van der Waals surface area contributed by atoms with E-state index < -0.39 is 0 Å². The highest BCUT2D eigenvalue weighted by Crippen LogP contribution is 2.31. The van der Waals surface area contributed by atoms with Crippen LogP contribution in [0.4, 0.5) is 5.69 Å². The molecule has 0 saturated carbocycles. The fraction of sp³-hybridized carbons (Fsp3) is 0.333. The lowest BCUT2D eigenvalue weighted by Crippen LogP contribution is -2.48. The molecule has 2 aromatic rings. The van der Waals surface area contributed by atoms with Gasteiger partial charge in [-0.3, -0.25) is 4.79 Å². The van der Waals surface area contributed by atoms with Crippen LogP contribution in [0, 0.1) is 0 Å². The van der Waals surface area contributed by atoms with Gasteiger partial charge in [-0.25, -0.2) is 4.98 Å². The minimum Gasteiger partial charge on any atom is -0.493 e. The van der Waals surface area contributed by atoms with Crippen LogP contribution in [-0.4, -0.2) is 56.2 Å². The molecule has 1 aromatic carbocycles. The van der Waals surface area contributed by atoms with Crippen LogP contribution in [0.2, 0.25) is 5.15 Å². The molecule has 1 fully saturated rings. The number of carbonyl (C=O) groups is 1. The zero-order valence-corrected chi connectivity index (χ0v) is 15.0. The summed E-state index contributed by atoms with van der Waals surface area (Å²) in [6.07, 6.45) is 1.69. The van der Waals surface area contributed by atoms with Crippen molar-refractivity contribution < 1.29 is 14.3 Å². The molecule has 7 heteroatoms. The van der Waals surface area contributed by atoms with Crippen molar-refractivity contribution in [3.05, 3.63) is 47.2 Å². The summed E-state index contributed by atoms with van der Waals surface area (Å²) in [6.45, 7) is 2.72. The molecule has 0 aliphatic carbocycles. The summed E-state index contributed by atoms with van der Waals surface area (Å²) in [5.41, 5.74) is 1.54. The van der Waals surface area contributed by atoms with Crippen LogP contribution in [0.15, 0.2) is 36.5 Å². The van der Waals surface area contributed by atoms with E-state index in [1.807, 2.05) is 17.0 Å². The molecule has 2 heterocycles. The van der Waals surface area contributed by atoms with Crippen LogP contribution in [0.1, 0.15) is 10.4 Å². The summed E-state index contributed by atoms with van der Waals surface area (Å²) < 4.78 is 10.7. The Morgan fingerprint density at radius 1 is 1.12 bits per heavy atom. The number of benzene rings is 1. The quantitative estimate of drug-likeness (QED) is 0.784. The SMILES string of the molecule is COc1cccc(C(=O)N2CCN(c3ccnc(Cl)c3)CC2)c1OC. The smallest absolute Gasteiger partial charge is 0.257 e. The van der Waals surface area contributed by atoms with Gasteiger partial charge in [0.25, 0.3) is 5.91 Å². The molecule has 0 atom stereocenters. The lowest BCUT2D eigenvalue weighted by molar-refractivity contribution is 0.0742. The van der Waals surface area contributed by atoms with E-state index in [2.05, 4.69) is 9.88 Å². The molecule has 0 N–H and O–H groups in total. The number of hydrogen-bond acceptors (Lipinski definition) is 5. The number of piperazine rings is 1. The number of para-hydroxylation sites is 1. The Bertz CT molecular complexity index is 761. The van der Waals surface area contributed by atoms with Gasteiger partial charge in [-0.15, -0.1) is 0 Å². The average Bonchev–Trinajstić information content (AvgIpc) is 2.66. The maximum Gasteiger partial charge on any atom is 0.257 e. The Morgan fingerprint density at radius 2 is 1.88 bits per heavy atom. The third-order valence-electron chi connectivity index (χ3n) is 4.28. The molecule has 1 aliphatic heterocycles. The molecule has 6 nitrogen and oxygen atoms in total. The second-order valence-electron chi connectivity index (χ2n) is 5.66. The van der Waals surface area contributed by atoms with Crippen LogP contribution in [-0.2, 0) is 0 Å². The normalized spacial score (nSPS) is 14.4. The van der Waals surface area contributed by atoms with Crippen molar-refractivity contribution in [1.82, 2.24) is 9.88 Å². The van der Waals surface area contributed by atoms with Gasteiger partial charge in [0.15, 0.2) is 11.5 Å². The van der Waals surface area contributed by atoms with Crippen molar-refractivity contribution in [2.45, 2.75) is 0 Å². The van der Waals surface area contributed by atoms with Gasteiger partial charge in [-0.1, -0.05) is 17.7 Å². The molecular formula is C18H20ClN3O3. The largest absolute Gasteiger partial charge is 0.493 e. The van der Waals surface area contributed by atoms with E-state index in [0.717, 1.165) is 18.8 Å². The molecule has 0 bridgehead atoms. The third-order valence-corrected chi connectivity index (χ3v) is 4.48. The summed E-state index contributed by atoms with van der Waals surface area (Å²) in [4.78, 5) is 20.9. The Balaban J connectivity index is 1.72. The van der Waals surface area contributed by atoms with Crippen molar-refractivity contribution >= 4 is 23.2 Å². The Hall–Kier alpha value is -2.47. The maximum atomic E-state index is 12.9. The summed E-state index contributed by atoms with van der Waals surface area (Å²) >= 11 is 5.96. The van der Waals surface area contributed by atoms with E-state index >= 15 is 0 Å². The number of hydrogen-bond donors (Lipinski definition) is 0. The van der Waals surface area contributed by atoms with E-state index in [1.165, 1.54) is 0 Å². The Kier molecular flexibility index (Phi) is 5.28. The number of anilines is 1. The zero-order chi connectivity index (χ0) is 17.8. The van der Waals surface area contributed by atoms with Gasteiger partial charge >= 0.3 is 0 Å². The van der Waals surface area contributed by atoms with E-state index in [0.29, 0.717) is 35.3 Å². The van der Waals surface area contributed by atoms with Gasteiger partial charge in [0.05, 0.1) is 19.8 Å². The lowest BCUT2D eigenvalue weighted by Gasteiger charge is -2.36. The molecule has 1 amide bonds. The van der Waals surface area contributed by atoms with Crippen LogP contribution < -0.4 is 14.4 Å². The highest BCUT2D eigenvalue weighted by Gasteiger charge is 2.25. The van der Waals surface area contributed by atoms with Crippen molar-refractivity contribution in [3.8, 4) is 11.5 Å². The van der Waals surface area contributed by atoms with Gasteiger partial charge < -0.3 is 19.3 Å². The Morgan fingerprint density at radius 3 is 2.52 bits per heavy atom. The first-order valence-electron chi connectivity index (χ1n) is 8.01. The van der Waals surface area contributed by atoms with Crippen molar-refractivity contribution in [3.63, 3.8) is 0 Å². The number of rotatable bonds is 4. The van der Waals surface area contributed by atoms with Crippen molar-refractivity contribution in [2.24, 2.45) is 0 Å². The summed E-state index contributed by atoms with van der Waals surface area (Å²) in [5.74, 6) is 0.972. The molecule has 1 aromatic heterocycles. The molecular weight excluding hydrogens is 342 g/mol. The van der Waals surface area contributed by atoms with Crippen LogP contribution in [0.3, 0.4) is 0 Å². The van der Waals surface area contributed by atoms with Crippen molar-refractivity contribution in [2.75, 3.05) is 45.3 Å². The molecule has 0 unspecified atom stereocenters. The lowest BCUT2D eigenvalue weighted by atomic mass is 10.1. The minimum atomic E-state index is -0.0526. The van der Waals surface area contributed by atoms with Crippen LogP contribution in [0.5, 0.6) is 11.5 Å². The Labute approximate surface area is 151 Å². The number of nitrogens with zero attached hydrogens (tertiary/aromatic N) is 3. The number of pyridine rings is 1. The molecule has 132 valence electrons. The number of ether oxygens (including phenoxy) is 2. The predicted octanol–water partition coefficient (Wildman–Crippen LogP) is 2.71. The maximum absolute atomic E-state index is 12.9. The number of methoxy groups -OCH3 is 2. The molecule has 0 radical (unpaired) electrons. The molecule has 0 spiro atoms. The van der Waals surface area contributed by atoms with Gasteiger partial charge in [-0.2, -0.15) is 0 Å². The monoisotopic (exact) mass is 361 g/mol. The predicted molar refractivity (Wildman–Crippen MR) is 96.9 cm³/mol. The number of carbonyl (C=O) groups excluding carboxylic acids is 1. The van der Waals surface area contributed by atoms with E-state index in [-0.39, 0.29) is 5.91 Å². The van der Waals surface area contributed by atoms with Crippen molar-refractivity contribution in [1.29, 1.82) is 0 Å². The first-order valence-corrected chi connectivity index (χ1v) is 8.38. The summed E-state index contributed by atoms with van der Waals surface area (Å²) in [6, 6.07) is 9.10. The van der Waals surface area contributed by atoms with Gasteiger partial charge in [-0.05, 0) is 24.3 Å². The molecule has 1 saturated heterocycles. The minimum absolute atomic E-state index is 0.0526. The van der Waals surface area contributed by atoms with E-state index in [4.69, 9.17) is 21.1 Å². The highest BCUT2D eigenvalue weighted by atomic mass is 35.5. The first kappa shape index (κ1) is 17.4. The van der Waals surface area contributed by atoms with Gasteiger partial charge in [0.2, 0.25) is 0 Å². The summed E-state index contributed by atoms with van der Waals surface area (Å²) in [7, 11) is 3.10. The zero-order valence-electron chi connectivity index (χ0n) is 14.2. The second-order valence-corrected chi connectivity index (χ2v) is 6.04. The van der Waals surface area contributed by atoms with Crippen LogP contribution in [0.25, 0.3) is 0 Å². The van der Waals surface area contributed by atoms with Crippen LogP contribution >= 0.6 is 11.6 Å². The first-order chi connectivity index (χ1) is 12.1. The van der Waals surface area contributed by atoms with Gasteiger partial charge in [0, 0.05) is 38.1 Å². The van der Waals surface area contributed by atoms with Gasteiger partial charge in [0.1, 0.15) is 5.15 Å². The highest BCUT2D eigenvalue weighted by molar-refractivity contribution is 6.29. The fourth-order valence-corrected chi connectivity index (χ4v) is 3.15. The molecule has 3 rings (SSSR count). The number of amides is 1. The average molecular weight is 362 g/mol. The molecule has 1 aliphatic rings. The number of aromatic nitrogens is 1. The molecule has 25 heavy (non-hydrogen) atoms. The standard InChI is InChI=1S/C18H20ClN3O3/c1-24-15-5-3-4-14(17(15)25-2)18(23)22-10-8-21(9-11-22)13-6-7-20-16(19)12-13/h3-7,12H,8-11H2,1-2H3. The summed E-state index contributed by atoms with van der Waals surface area (Å²) in [5, 5.41) is 0.470. The fourth-order valence-electron chi connectivity index (χ4n) is 2.98. The van der Waals surface area contributed by atoms with E-state index in [9.17, 15) is 4.79 Å². The van der Waals surface area contributed by atoms with E-state index in [1.54, 1.807) is 38.6 Å². The number of halogens is 1. The third kappa shape index (κ3) is 3.64. The topological polar surface area (TPSA) is 54.9 Å².